The molecule has 1 N–H and O–H groups in total. The van der Waals surface area contributed by atoms with Gasteiger partial charge in [0, 0.05) is 21.9 Å². The third-order valence-corrected chi connectivity index (χ3v) is 6.43. The molecule has 0 bridgehead atoms. The number of hydrogen-bond acceptors (Lipinski definition) is 3. The molecule has 1 aliphatic carbocycles. The summed E-state index contributed by atoms with van der Waals surface area (Å²) in [7, 11) is 0. The Morgan fingerprint density at radius 1 is 1.47 bits per heavy atom. The molecule has 5 heteroatoms. The highest BCUT2D eigenvalue weighted by Gasteiger charge is 2.45. The summed E-state index contributed by atoms with van der Waals surface area (Å²) in [6.45, 7) is 0.774. The molecule has 2 fully saturated rings. The third-order valence-electron chi connectivity index (χ3n) is 4.52. The molecular formula is C14H18BrNO2S. The van der Waals surface area contributed by atoms with Gasteiger partial charge in [0.25, 0.3) is 0 Å². The van der Waals surface area contributed by atoms with Crippen LogP contribution in [0.15, 0.2) is 15.9 Å². The average molecular weight is 344 g/mol. The summed E-state index contributed by atoms with van der Waals surface area (Å²) < 4.78 is 1.11. The molecule has 3 nitrogen and oxygen atoms in total. The Labute approximate surface area is 125 Å². The molecule has 0 radical (unpaired) electrons. The fourth-order valence-corrected chi connectivity index (χ4v) is 5.11. The molecule has 1 saturated carbocycles. The van der Waals surface area contributed by atoms with Crippen LogP contribution in [0.1, 0.15) is 37.0 Å². The molecule has 1 saturated heterocycles. The topological polar surface area (TPSA) is 40.5 Å². The molecule has 0 spiro atoms. The summed E-state index contributed by atoms with van der Waals surface area (Å²) in [4.78, 5) is 15.0. The lowest BCUT2D eigenvalue weighted by molar-refractivity contribution is -0.142. The molecule has 2 aliphatic rings. The smallest absolute Gasteiger partial charge is 0.320 e. The zero-order valence-corrected chi connectivity index (χ0v) is 13.1. The minimum absolute atomic E-state index is 0.290. The van der Waals surface area contributed by atoms with E-state index in [2.05, 4.69) is 26.2 Å². The van der Waals surface area contributed by atoms with Crippen molar-refractivity contribution in [3.63, 3.8) is 0 Å². The van der Waals surface area contributed by atoms with Gasteiger partial charge in [-0.1, -0.05) is 12.8 Å². The minimum Gasteiger partial charge on any atom is -0.480 e. The van der Waals surface area contributed by atoms with E-state index in [1.165, 1.54) is 24.1 Å². The fourth-order valence-electron chi connectivity index (χ4n) is 3.63. The number of carboxylic acid groups (broad SMARTS) is 1. The number of carboxylic acids is 1. The number of rotatable bonds is 3. The van der Waals surface area contributed by atoms with E-state index >= 15 is 0 Å². The normalized spacial score (nSPS) is 31.3. The molecule has 1 aromatic rings. The van der Waals surface area contributed by atoms with E-state index in [-0.39, 0.29) is 6.04 Å². The van der Waals surface area contributed by atoms with Crippen molar-refractivity contribution in [3.8, 4) is 0 Å². The first-order valence-corrected chi connectivity index (χ1v) is 8.54. The van der Waals surface area contributed by atoms with Crippen LogP contribution in [-0.2, 0) is 11.3 Å². The SMILES string of the molecule is O=C(O)[C@@H]1C[C@H]2CCCC[C@@H]2N1Cc1sccc1Br. The van der Waals surface area contributed by atoms with E-state index in [4.69, 9.17) is 0 Å². The molecule has 19 heavy (non-hydrogen) atoms. The number of aliphatic carboxylic acids is 1. The summed E-state index contributed by atoms with van der Waals surface area (Å²) in [5, 5.41) is 11.5. The zero-order chi connectivity index (χ0) is 13.4. The molecule has 0 unspecified atom stereocenters. The third kappa shape index (κ3) is 2.60. The second-order valence-corrected chi connectivity index (χ2v) is 7.42. The first kappa shape index (κ1) is 13.6. The molecule has 104 valence electrons. The van der Waals surface area contributed by atoms with Crippen molar-refractivity contribution in [2.75, 3.05) is 0 Å². The van der Waals surface area contributed by atoms with E-state index in [1.807, 2.05) is 6.07 Å². The van der Waals surface area contributed by atoms with Crippen molar-refractivity contribution >= 4 is 33.2 Å². The number of carbonyl (C=O) groups is 1. The number of likely N-dealkylation sites (tertiary alicyclic amines) is 1. The second kappa shape index (κ2) is 5.54. The van der Waals surface area contributed by atoms with E-state index < -0.39 is 5.97 Å². The lowest BCUT2D eigenvalue weighted by Crippen LogP contribution is -2.41. The van der Waals surface area contributed by atoms with Gasteiger partial charge >= 0.3 is 5.97 Å². The average Bonchev–Trinajstić information content (AvgIpc) is 2.95. The maximum absolute atomic E-state index is 11.5. The van der Waals surface area contributed by atoms with Gasteiger partial charge in [-0.25, -0.2) is 0 Å². The maximum atomic E-state index is 11.5. The first-order chi connectivity index (χ1) is 9.16. The summed E-state index contributed by atoms with van der Waals surface area (Å²) in [6, 6.07) is 2.23. The lowest BCUT2D eigenvalue weighted by Gasteiger charge is -2.32. The van der Waals surface area contributed by atoms with Gasteiger partial charge in [-0.15, -0.1) is 11.3 Å². The molecule has 0 aromatic carbocycles. The summed E-state index contributed by atoms with van der Waals surface area (Å²) >= 11 is 5.26. The van der Waals surface area contributed by atoms with Crippen LogP contribution in [0.4, 0.5) is 0 Å². The monoisotopic (exact) mass is 343 g/mol. The summed E-state index contributed by atoms with van der Waals surface area (Å²) in [5.74, 6) is -0.0596. The van der Waals surface area contributed by atoms with Crippen LogP contribution in [0.2, 0.25) is 0 Å². The minimum atomic E-state index is -0.651. The Kier molecular flexibility index (Phi) is 3.96. The van der Waals surface area contributed by atoms with Crippen molar-refractivity contribution in [2.24, 2.45) is 5.92 Å². The van der Waals surface area contributed by atoms with Crippen LogP contribution < -0.4 is 0 Å². The highest BCUT2D eigenvalue weighted by Crippen LogP contribution is 2.41. The molecular weight excluding hydrogens is 326 g/mol. The van der Waals surface area contributed by atoms with Crippen molar-refractivity contribution in [3.05, 3.63) is 20.8 Å². The van der Waals surface area contributed by atoms with Crippen molar-refractivity contribution in [2.45, 2.75) is 50.7 Å². The van der Waals surface area contributed by atoms with Gasteiger partial charge in [-0.2, -0.15) is 0 Å². The largest absolute Gasteiger partial charge is 0.480 e. The first-order valence-electron chi connectivity index (χ1n) is 6.87. The van der Waals surface area contributed by atoms with Gasteiger partial charge in [0.15, 0.2) is 0 Å². The van der Waals surface area contributed by atoms with Crippen LogP contribution in [0, 0.1) is 5.92 Å². The Balaban J connectivity index is 1.82. The zero-order valence-electron chi connectivity index (χ0n) is 10.7. The predicted octanol–water partition coefficient (Wildman–Crippen LogP) is 3.73. The Bertz CT molecular complexity index is 476. The maximum Gasteiger partial charge on any atom is 0.320 e. The van der Waals surface area contributed by atoms with E-state index in [0.29, 0.717) is 12.0 Å². The molecule has 3 rings (SSSR count). The number of halogens is 1. The van der Waals surface area contributed by atoms with Gasteiger partial charge < -0.3 is 5.11 Å². The summed E-state index contributed by atoms with van der Waals surface area (Å²) in [6.07, 6.45) is 5.72. The fraction of sp³-hybridized carbons (Fsp3) is 0.643. The van der Waals surface area contributed by atoms with E-state index in [9.17, 15) is 9.90 Å². The van der Waals surface area contributed by atoms with Crippen LogP contribution in [-0.4, -0.2) is 28.1 Å². The second-order valence-electron chi connectivity index (χ2n) is 5.57. The van der Waals surface area contributed by atoms with Crippen molar-refractivity contribution < 1.29 is 9.90 Å². The Morgan fingerprint density at radius 3 is 2.95 bits per heavy atom. The molecule has 3 atom stereocenters. The molecule has 0 amide bonds. The van der Waals surface area contributed by atoms with Crippen LogP contribution in [0.25, 0.3) is 0 Å². The quantitative estimate of drug-likeness (QED) is 0.908. The molecule has 1 aliphatic heterocycles. The van der Waals surface area contributed by atoms with Crippen LogP contribution in [0.5, 0.6) is 0 Å². The number of hydrogen-bond donors (Lipinski definition) is 1. The number of nitrogens with zero attached hydrogens (tertiary/aromatic N) is 1. The molecule has 2 heterocycles. The molecule has 1 aromatic heterocycles. The number of fused-ring (bicyclic) bond motifs is 1. The highest BCUT2D eigenvalue weighted by atomic mass is 79.9. The van der Waals surface area contributed by atoms with Crippen LogP contribution in [0.3, 0.4) is 0 Å². The van der Waals surface area contributed by atoms with Crippen LogP contribution >= 0.6 is 27.3 Å². The van der Waals surface area contributed by atoms with Gasteiger partial charge in [0.1, 0.15) is 6.04 Å². The lowest BCUT2D eigenvalue weighted by atomic mass is 9.85. The Morgan fingerprint density at radius 2 is 2.26 bits per heavy atom. The van der Waals surface area contributed by atoms with Crippen molar-refractivity contribution in [1.82, 2.24) is 4.90 Å². The highest BCUT2D eigenvalue weighted by molar-refractivity contribution is 9.10. The standard InChI is InChI=1S/C14H18BrNO2S/c15-10-5-6-19-13(10)8-16-11-4-2-1-3-9(11)7-12(16)14(17)18/h5-6,9,11-12H,1-4,7-8H2,(H,17,18)/t9-,11+,12+/m1/s1. The van der Waals surface area contributed by atoms with E-state index in [1.54, 1.807) is 11.3 Å². The van der Waals surface area contributed by atoms with Crippen molar-refractivity contribution in [1.29, 1.82) is 0 Å². The van der Waals surface area contributed by atoms with Gasteiger partial charge in [0.05, 0.1) is 0 Å². The Hall–Kier alpha value is -0.390. The predicted molar refractivity (Wildman–Crippen MR) is 79.3 cm³/mol. The van der Waals surface area contributed by atoms with Gasteiger partial charge in [0.2, 0.25) is 0 Å². The number of thiophene rings is 1. The van der Waals surface area contributed by atoms with E-state index in [0.717, 1.165) is 23.9 Å². The van der Waals surface area contributed by atoms with Gasteiger partial charge in [-0.3, -0.25) is 9.69 Å². The van der Waals surface area contributed by atoms with Gasteiger partial charge in [-0.05, 0) is 52.6 Å². The summed E-state index contributed by atoms with van der Waals surface area (Å²) in [5.41, 5.74) is 0.